The molecule has 2 heteroatoms. The summed E-state index contributed by atoms with van der Waals surface area (Å²) in [5.74, 6) is 0. The number of rotatable bonds is 4. The van der Waals surface area contributed by atoms with Crippen LogP contribution in [0.3, 0.4) is 0 Å². The fourth-order valence-corrected chi connectivity index (χ4v) is 4.09. The Morgan fingerprint density at radius 3 is 2.62 bits per heavy atom. The number of anilines is 1. The summed E-state index contributed by atoms with van der Waals surface area (Å²) in [5, 5.41) is 2.76. The minimum Gasteiger partial charge on any atom is -0.370 e. The maximum Gasteiger partial charge on any atom is 0.0411 e. The molecule has 0 bridgehead atoms. The third-order valence-electron chi connectivity index (χ3n) is 5.16. The highest BCUT2D eigenvalue weighted by Crippen LogP contribution is 2.49. The summed E-state index contributed by atoms with van der Waals surface area (Å²) in [4.78, 5) is 2.48. The van der Waals surface area contributed by atoms with Crippen molar-refractivity contribution in [2.45, 2.75) is 44.6 Å². The second-order valence-corrected chi connectivity index (χ2v) is 6.81. The number of nitrogens with two attached hydrogens (primary N) is 1. The largest absolute Gasteiger partial charge is 0.370 e. The molecule has 112 valence electrons. The van der Waals surface area contributed by atoms with Crippen LogP contribution in [0, 0.1) is 0 Å². The van der Waals surface area contributed by atoms with Gasteiger partial charge < -0.3 is 10.6 Å². The van der Waals surface area contributed by atoms with Crippen molar-refractivity contribution in [1.82, 2.24) is 0 Å². The van der Waals surface area contributed by atoms with Crippen molar-refractivity contribution in [1.29, 1.82) is 0 Å². The number of hydrogen-bond acceptors (Lipinski definition) is 2. The predicted octanol–water partition coefficient (Wildman–Crippen LogP) is 4.06. The van der Waals surface area contributed by atoms with Crippen LogP contribution in [0.1, 0.15) is 38.7 Å². The van der Waals surface area contributed by atoms with Crippen LogP contribution in [0.5, 0.6) is 0 Å². The smallest absolute Gasteiger partial charge is 0.0411 e. The first-order valence-corrected chi connectivity index (χ1v) is 8.02. The van der Waals surface area contributed by atoms with Crippen molar-refractivity contribution in [3.05, 3.63) is 42.0 Å². The van der Waals surface area contributed by atoms with Gasteiger partial charge in [0.15, 0.2) is 0 Å². The molecule has 0 spiro atoms. The second kappa shape index (κ2) is 5.34. The van der Waals surface area contributed by atoms with Gasteiger partial charge in [0.05, 0.1) is 0 Å². The van der Waals surface area contributed by atoms with Gasteiger partial charge in [-0.3, -0.25) is 0 Å². The van der Waals surface area contributed by atoms with E-state index in [1.807, 2.05) is 0 Å². The maximum atomic E-state index is 5.66. The number of nitrogens with zero attached hydrogens (tertiary/aromatic N) is 1. The molecule has 2 aromatic carbocycles. The molecule has 1 aliphatic heterocycles. The standard InChI is InChI=1S/C19H26N2/c1-19(2)17(10-6-7-13-20)21(3)16-12-11-14-8-4-5-9-15(14)18(16)19/h4-5,8-9,11-12,17H,6-7,10,13,20H2,1-3H3. The zero-order chi connectivity index (χ0) is 15.0. The van der Waals surface area contributed by atoms with E-state index in [9.17, 15) is 0 Å². The molecule has 1 heterocycles. The first kappa shape index (κ1) is 14.4. The molecule has 3 rings (SSSR count). The summed E-state index contributed by atoms with van der Waals surface area (Å²) in [6.07, 6.45) is 3.54. The van der Waals surface area contributed by atoms with E-state index < -0.39 is 0 Å². The Morgan fingerprint density at radius 1 is 1.10 bits per heavy atom. The topological polar surface area (TPSA) is 29.3 Å². The summed E-state index contributed by atoms with van der Waals surface area (Å²) >= 11 is 0. The van der Waals surface area contributed by atoms with Gasteiger partial charge in [0.2, 0.25) is 0 Å². The molecule has 0 saturated heterocycles. The average Bonchev–Trinajstić information content (AvgIpc) is 2.68. The van der Waals surface area contributed by atoms with Gasteiger partial charge in [-0.2, -0.15) is 0 Å². The van der Waals surface area contributed by atoms with Gasteiger partial charge in [0, 0.05) is 24.2 Å². The Morgan fingerprint density at radius 2 is 1.86 bits per heavy atom. The van der Waals surface area contributed by atoms with Crippen LogP contribution in [0.4, 0.5) is 5.69 Å². The molecule has 0 amide bonds. The summed E-state index contributed by atoms with van der Waals surface area (Å²) in [7, 11) is 2.25. The molecule has 2 aromatic rings. The lowest BCUT2D eigenvalue weighted by molar-refractivity contribution is 0.396. The molecule has 0 fully saturated rings. The second-order valence-electron chi connectivity index (χ2n) is 6.81. The lowest BCUT2D eigenvalue weighted by atomic mass is 9.77. The lowest BCUT2D eigenvalue weighted by Crippen LogP contribution is -2.39. The van der Waals surface area contributed by atoms with Crippen LogP contribution >= 0.6 is 0 Å². The maximum absolute atomic E-state index is 5.66. The number of fused-ring (bicyclic) bond motifs is 3. The lowest BCUT2D eigenvalue weighted by Gasteiger charge is -2.32. The Kier molecular flexibility index (Phi) is 3.66. The van der Waals surface area contributed by atoms with E-state index in [4.69, 9.17) is 5.73 Å². The van der Waals surface area contributed by atoms with E-state index >= 15 is 0 Å². The molecule has 2 nitrogen and oxygen atoms in total. The fourth-order valence-electron chi connectivity index (χ4n) is 4.09. The average molecular weight is 282 g/mol. The molecule has 2 N–H and O–H groups in total. The highest BCUT2D eigenvalue weighted by Gasteiger charge is 2.43. The molecule has 1 aliphatic rings. The summed E-state index contributed by atoms with van der Waals surface area (Å²) in [6.45, 7) is 5.59. The van der Waals surface area contributed by atoms with Crippen molar-refractivity contribution in [2.24, 2.45) is 5.73 Å². The van der Waals surface area contributed by atoms with Crippen LogP contribution in [-0.2, 0) is 5.41 Å². The SMILES string of the molecule is CN1c2ccc3ccccc3c2C(C)(C)C1CCCCN. The summed E-state index contributed by atoms with van der Waals surface area (Å²) < 4.78 is 0. The quantitative estimate of drug-likeness (QED) is 0.857. The zero-order valence-corrected chi connectivity index (χ0v) is 13.4. The fraction of sp³-hybridized carbons (Fsp3) is 0.474. The minimum atomic E-state index is 0.180. The Bertz CT molecular complexity index is 645. The predicted molar refractivity (Wildman–Crippen MR) is 92.1 cm³/mol. The van der Waals surface area contributed by atoms with E-state index in [0.29, 0.717) is 6.04 Å². The van der Waals surface area contributed by atoms with Crippen LogP contribution < -0.4 is 10.6 Å². The van der Waals surface area contributed by atoms with Gasteiger partial charge in [0.1, 0.15) is 0 Å². The van der Waals surface area contributed by atoms with Crippen LogP contribution in [0.25, 0.3) is 10.8 Å². The number of hydrogen-bond donors (Lipinski definition) is 1. The van der Waals surface area contributed by atoms with Gasteiger partial charge >= 0.3 is 0 Å². The first-order chi connectivity index (χ1) is 10.1. The number of likely N-dealkylation sites (N-methyl/N-ethyl adjacent to an activating group) is 1. The zero-order valence-electron chi connectivity index (χ0n) is 13.4. The van der Waals surface area contributed by atoms with Gasteiger partial charge in [-0.1, -0.05) is 50.6 Å². The number of unbranched alkanes of at least 4 members (excludes halogenated alkanes) is 1. The molecule has 0 radical (unpaired) electrons. The Balaban J connectivity index is 2.06. The van der Waals surface area contributed by atoms with Crippen molar-refractivity contribution in [3.8, 4) is 0 Å². The molecule has 0 aromatic heterocycles. The normalized spacial score (nSPS) is 20.0. The molecular weight excluding hydrogens is 256 g/mol. The van der Waals surface area contributed by atoms with Crippen molar-refractivity contribution in [2.75, 3.05) is 18.5 Å². The van der Waals surface area contributed by atoms with Gasteiger partial charge in [-0.25, -0.2) is 0 Å². The monoisotopic (exact) mass is 282 g/mol. The molecule has 0 saturated carbocycles. The van der Waals surface area contributed by atoms with Crippen LogP contribution in [0.2, 0.25) is 0 Å². The first-order valence-electron chi connectivity index (χ1n) is 8.02. The highest BCUT2D eigenvalue weighted by atomic mass is 15.2. The number of benzene rings is 2. The van der Waals surface area contributed by atoms with Crippen molar-refractivity contribution < 1.29 is 0 Å². The van der Waals surface area contributed by atoms with E-state index in [1.165, 1.54) is 34.9 Å². The molecule has 1 atom stereocenters. The Hall–Kier alpha value is -1.54. The van der Waals surface area contributed by atoms with Gasteiger partial charge in [-0.05, 0) is 41.8 Å². The summed E-state index contributed by atoms with van der Waals surface area (Å²) in [5.41, 5.74) is 8.75. The molecular formula is C19H26N2. The van der Waals surface area contributed by atoms with E-state index in [1.54, 1.807) is 0 Å². The highest BCUT2D eigenvalue weighted by molar-refractivity contribution is 5.93. The molecule has 21 heavy (non-hydrogen) atoms. The van der Waals surface area contributed by atoms with Crippen LogP contribution in [-0.4, -0.2) is 19.6 Å². The Labute approximate surface area is 127 Å². The summed E-state index contributed by atoms with van der Waals surface area (Å²) in [6, 6.07) is 13.9. The van der Waals surface area contributed by atoms with E-state index in [-0.39, 0.29) is 5.41 Å². The van der Waals surface area contributed by atoms with E-state index in [0.717, 1.165) is 13.0 Å². The molecule has 0 aliphatic carbocycles. The van der Waals surface area contributed by atoms with Gasteiger partial charge in [0.25, 0.3) is 0 Å². The van der Waals surface area contributed by atoms with Crippen molar-refractivity contribution >= 4 is 16.5 Å². The van der Waals surface area contributed by atoms with Crippen molar-refractivity contribution in [3.63, 3.8) is 0 Å². The van der Waals surface area contributed by atoms with Gasteiger partial charge in [-0.15, -0.1) is 0 Å². The molecule has 1 unspecified atom stereocenters. The third-order valence-corrected chi connectivity index (χ3v) is 5.16. The minimum absolute atomic E-state index is 0.180. The third kappa shape index (κ3) is 2.22. The van der Waals surface area contributed by atoms with Crippen LogP contribution in [0.15, 0.2) is 36.4 Å². The van der Waals surface area contributed by atoms with E-state index in [2.05, 4.69) is 62.2 Å².